The number of nitrogens with one attached hydrogen (secondary N) is 3. The second kappa shape index (κ2) is 8.75. The summed E-state index contributed by atoms with van der Waals surface area (Å²) in [4.78, 5) is 12.5. The van der Waals surface area contributed by atoms with Crippen molar-refractivity contribution in [3.05, 3.63) is 30.3 Å². The molecule has 25 heavy (non-hydrogen) atoms. The third kappa shape index (κ3) is 5.50. The van der Waals surface area contributed by atoms with E-state index in [1.54, 1.807) is 32.2 Å². The first-order valence-corrected chi connectivity index (χ1v) is 9.92. The molecule has 0 radical (unpaired) electrons. The van der Waals surface area contributed by atoms with E-state index in [1.807, 2.05) is 0 Å². The normalized spacial score (nSPS) is 18.5. The summed E-state index contributed by atoms with van der Waals surface area (Å²) in [5.74, 6) is -0.339. The Morgan fingerprint density at radius 3 is 2.52 bits per heavy atom. The summed E-state index contributed by atoms with van der Waals surface area (Å²) in [7, 11) is -2.06. The molecule has 0 aromatic heterocycles. The minimum Gasteiger partial charge on any atom is -0.384 e. The van der Waals surface area contributed by atoms with Gasteiger partial charge in [-0.15, -0.1) is 0 Å². The molecule has 2 rings (SSSR count). The smallest absolute Gasteiger partial charge is 0.241 e. The van der Waals surface area contributed by atoms with E-state index in [-0.39, 0.29) is 16.2 Å². The first-order chi connectivity index (χ1) is 11.9. The van der Waals surface area contributed by atoms with Crippen LogP contribution in [0.4, 0.5) is 0 Å². The molecule has 1 heterocycles. The summed E-state index contributed by atoms with van der Waals surface area (Å²) in [6.07, 6.45) is 1.82. The molecule has 140 valence electrons. The summed E-state index contributed by atoms with van der Waals surface area (Å²) in [5, 5.41) is 6.18. The average molecular weight is 369 g/mol. The van der Waals surface area contributed by atoms with Crippen LogP contribution in [0.15, 0.2) is 35.2 Å². The second-order valence-corrected chi connectivity index (χ2v) is 8.27. The quantitative estimate of drug-likeness (QED) is 0.620. The molecule has 1 atom stereocenters. The van der Waals surface area contributed by atoms with E-state index >= 15 is 0 Å². The van der Waals surface area contributed by atoms with Crippen LogP contribution in [-0.2, 0) is 19.6 Å². The van der Waals surface area contributed by atoms with Crippen molar-refractivity contribution in [2.45, 2.75) is 30.7 Å². The van der Waals surface area contributed by atoms with Gasteiger partial charge in [-0.2, -0.15) is 4.72 Å². The van der Waals surface area contributed by atoms with Gasteiger partial charge >= 0.3 is 0 Å². The number of sulfonamides is 1. The van der Waals surface area contributed by atoms with Gasteiger partial charge in [-0.3, -0.25) is 4.79 Å². The molecule has 0 bridgehead atoms. The second-order valence-electron chi connectivity index (χ2n) is 6.56. The number of piperidine rings is 1. The van der Waals surface area contributed by atoms with Gasteiger partial charge in [-0.25, -0.2) is 8.42 Å². The molecule has 8 heteroatoms. The van der Waals surface area contributed by atoms with E-state index in [0.717, 1.165) is 25.9 Å². The number of hydrogen-bond donors (Lipinski definition) is 3. The maximum absolute atomic E-state index is 12.3. The van der Waals surface area contributed by atoms with Crippen LogP contribution in [0.2, 0.25) is 0 Å². The topological polar surface area (TPSA) is 96.5 Å². The Hall–Kier alpha value is -1.48. The highest BCUT2D eigenvalue weighted by Crippen LogP contribution is 2.28. The van der Waals surface area contributed by atoms with Crippen molar-refractivity contribution in [3.63, 3.8) is 0 Å². The van der Waals surface area contributed by atoms with Crippen LogP contribution in [0.1, 0.15) is 19.8 Å². The number of carbonyl (C=O) groups excluding carboxylic acids is 1. The number of methoxy groups -OCH3 is 1. The summed E-state index contributed by atoms with van der Waals surface area (Å²) < 4.78 is 32.3. The van der Waals surface area contributed by atoms with Crippen molar-refractivity contribution in [2.75, 3.05) is 33.4 Å². The number of rotatable bonds is 8. The Labute approximate surface area is 149 Å². The molecule has 1 aliphatic rings. The van der Waals surface area contributed by atoms with Gasteiger partial charge in [0.1, 0.15) is 0 Å². The van der Waals surface area contributed by atoms with Crippen LogP contribution < -0.4 is 15.4 Å². The highest BCUT2D eigenvalue weighted by molar-refractivity contribution is 7.89. The van der Waals surface area contributed by atoms with Crippen LogP contribution in [-0.4, -0.2) is 53.7 Å². The van der Waals surface area contributed by atoms with Crippen LogP contribution in [0.25, 0.3) is 0 Å². The molecule has 1 amide bonds. The molecule has 0 saturated carbocycles. The Balaban J connectivity index is 1.93. The average Bonchev–Trinajstić information content (AvgIpc) is 2.61. The minimum absolute atomic E-state index is 0.103. The number of carbonyl (C=O) groups is 1. The van der Waals surface area contributed by atoms with E-state index in [0.29, 0.717) is 13.2 Å². The highest BCUT2D eigenvalue weighted by Gasteiger charge is 2.33. The third-order valence-electron chi connectivity index (χ3n) is 4.53. The molecule has 3 N–H and O–H groups in total. The molecular weight excluding hydrogens is 342 g/mol. The molecular formula is C17H27N3O4S. The van der Waals surface area contributed by atoms with Crippen molar-refractivity contribution in [1.82, 2.24) is 15.4 Å². The fourth-order valence-corrected chi connectivity index (χ4v) is 4.24. The monoisotopic (exact) mass is 369 g/mol. The summed E-state index contributed by atoms with van der Waals surface area (Å²) in [6.45, 7) is 4.35. The molecule has 7 nitrogen and oxygen atoms in total. The Bertz CT molecular complexity index is 652. The first kappa shape index (κ1) is 19.8. The lowest BCUT2D eigenvalue weighted by atomic mass is 9.79. The zero-order valence-electron chi connectivity index (χ0n) is 14.7. The SMILES string of the molecule is COCC1(CNC(=O)C(C)NS(=O)(=O)c2ccccc2)CCNCC1. The lowest BCUT2D eigenvalue weighted by molar-refractivity contribution is -0.123. The fraction of sp³-hybridized carbons (Fsp3) is 0.588. The maximum Gasteiger partial charge on any atom is 0.241 e. The molecule has 1 fully saturated rings. The number of ether oxygens (including phenoxy) is 1. The van der Waals surface area contributed by atoms with Crippen molar-refractivity contribution in [2.24, 2.45) is 5.41 Å². The van der Waals surface area contributed by atoms with Gasteiger partial charge in [-0.1, -0.05) is 18.2 Å². The highest BCUT2D eigenvalue weighted by atomic mass is 32.2. The fourth-order valence-electron chi connectivity index (χ4n) is 3.02. The lowest BCUT2D eigenvalue weighted by Gasteiger charge is -2.37. The molecule has 0 aliphatic carbocycles. The standard InChI is InChI=1S/C17H27N3O4S/c1-14(20-25(22,23)15-6-4-3-5-7-15)16(21)19-12-17(13-24-2)8-10-18-11-9-17/h3-7,14,18,20H,8-13H2,1-2H3,(H,19,21). The van der Waals surface area contributed by atoms with Crippen LogP contribution in [0, 0.1) is 5.41 Å². The van der Waals surface area contributed by atoms with Gasteiger partial charge in [0, 0.05) is 19.1 Å². The van der Waals surface area contributed by atoms with E-state index in [1.165, 1.54) is 12.1 Å². The van der Waals surface area contributed by atoms with Crippen LogP contribution >= 0.6 is 0 Å². The summed E-state index contributed by atoms with van der Waals surface area (Å²) >= 11 is 0. The summed E-state index contributed by atoms with van der Waals surface area (Å²) in [5.41, 5.74) is -0.103. The first-order valence-electron chi connectivity index (χ1n) is 8.43. The molecule has 1 aromatic carbocycles. The Kier molecular flexibility index (Phi) is 6.95. The van der Waals surface area contributed by atoms with E-state index in [9.17, 15) is 13.2 Å². The minimum atomic E-state index is -3.72. The van der Waals surface area contributed by atoms with E-state index in [2.05, 4.69) is 15.4 Å². The molecule has 1 unspecified atom stereocenters. The van der Waals surface area contributed by atoms with Crippen molar-refractivity contribution >= 4 is 15.9 Å². The van der Waals surface area contributed by atoms with E-state index in [4.69, 9.17) is 4.74 Å². The van der Waals surface area contributed by atoms with Crippen molar-refractivity contribution < 1.29 is 17.9 Å². The van der Waals surface area contributed by atoms with Gasteiger partial charge in [-0.05, 0) is 45.0 Å². The predicted octanol–water partition coefficient (Wildman–Crippen LogP) is 0.486. The van der Waals surface area contributed by atoms with Crippen molar-refractivity contribution in [1.29, 1.82) is 0 Å². The zero-order valence-corrected chi connectivity index (χ0v) is 15.6. The maximum atomic E-state index is 12.3. The Morgan fingerprint density at radius 1 is 1.28 bits per heavy atom. The lowest BCUT2D eigenvalue weighted by Crippen LogP contribution is -2.51. The summed E-state index contributed by atoms with van der Waals surface area (Å²) in [6, 6.07) is 7.16. The van der Waals surface area contributed by atoms with Gasteiger partial charge in [0.25, 0.3) is 0 Å². The molecule has 1 saturated heterocycles. The third-order valence-corrected chi connectivity index (χ3v) is 6.09. The largest absolute Gasteiger partial charge is 0.384 e. The molecule has 0 spiro atoms. The number of amides is 1. The van der Waals surface area contributed by atoms with Crippen LogP contribution in [0.3, 0.4) is 0 Å². The van der Waals surface area contributed by atoms with Gasteiger partial charge < -0.3 is 15.4 Å². The Morgan fingerprint density at radius 2 is 1.92 bits per heavy atom. The predicted molar refractivity (Wildman–Crippen MR) is 95.6 cm³/mol. The molecule has 1 aliphatic heterocycles. The zero-order chi connectivity index (χ0) is 18.3. The van der Waals surface area contributed by atoms with Gasteiger partial charge in [0.2, 0.25) is 15.9 Å². The van der Waals surface area contributed by atoms with Crippen molar-refractivity contribution in [3.8, 4) is 0 Å². The van der Waals surface area contributed by atoms with Gasteiger partial charge in [0.15, 0.2) is 0 Å². The number of benzene rings is 1. The number of hydrogen-bond acceptors (Lipinski definition) is 5. The van der Waals surface area contributed by atoms with Crippen LogP contribution in [0.5, 0.6) is 0 Å². The van der Waals surface area contributed by atoms with Gasteiger partial charge in [0.05, 0.1) is 17.5 Å². The van der Waals surface area contributed by atoms with E-state index < -0.39 is 16.1 Å². The molecule has 1 aromatic rings.